The summed E-state index contributed by atoms with van der Waals surface area (Å²) in [5, 5.41) is 2.66. The van der Waals surface area contributed by atoms with Crippen molar-refractivity contribution < 1.29 is 28.3 Å². The molecule has 0 aliphatic heterocycles. The summed E-state index contributed by atoms with van der Waals surface area (Å²) in [6.45, 7) is 4.76. The van der Waals surface area contributed by atoms with Gasteiger partial charge in [0, 0.05) is 16.8 Å². The maximum Gasteiger partial charge on any atom is 0.291 e. The molecule has 0 fully saturated rings. The average Bonchev–Trinajstić information content (AvgIpc) is 3.38. The molecule has 3 rings (SSSR count). The molecule has 3 N–H and O–H groups in total. The first-order valence-electron chi connectivity index (χ1n) is 10.7. The van der Waals surface area contributed by atoms with Crippen molar-refractivity contribution in [3.05, 3.63) is 77.7 Å². The number of methoxy groups -OCH3 is 1. The highest BCUT2D eigenvalue weighted by molar-refractivity contribution is 6.03. The van der Waals surface area contributed by atoms with Crippen molar-refractivity contribution in [2.75, 3.05) is 19.0 Å². The maximum absolute atomic E-state index is 12.5. The third-order valence-electron chi connectivity index (χ3n) is 4.82. The van der Waals surface area contributed by atoms with Gasteiger partial charge >= 0.3 is 0 Å². The zero-order valence-electron chi connectivity index (χ0n) is 19.2. The molecule has 0 bridgehead atoms. The van der Waals surface area contributed by atoms with Gasteiger partial charge in [-0.3, -0.25) is 25.2 Å². The van der Waals surface area contributed by atoms with E-state index in [-0.39, 0.29) is 5.76 Å². The molecule has 3 amide bonds. The van der Waals surface area contributed by atoms with Crippen LogP contribution in [0, 0.1) is 5.92 Å². The summed E-state index contributed by atoms with van der Waals surface area (Å²) in [6, 6.07) is 14.1. The molecule has 0 radical (unpaired) electrons. The number of amides is 3. The summed E-state index contributed by atoms with van der Waals surface area (Å²) in [7, 11) is 1.49. The Morgan fingerprint density at radius 3 is 2.18 bits per heavy atom. The minimum atomic E-state index is -0.516. The number of carbonyl (C=O) groups excluding carboxylic acids is 3. The lowest BCUT2D eigenvalue weighted by Gasteiger charge is -2.13. The highest BCUT2D eigenvalue weighted by atomic mass is 16.5. The summed E-state index contributed by atoms with van der Waals surface area (Å²) in [5.74, 6) is 0.229. The normalized spacial score (nSPS) is 10.5. The summed E-state index contributed by atoms with van der Waals surface area (Å²) >= 11 is 0. The van der Waals surface area contributed by atoms with Crippen LogP contribution in [0.4, 0.5) is 5.69 Å². The van der Waals surface area contributed by atoms with Crippen LogP contribution in [0.3, 0.4) is 0 Å². The predicted molar refractivity (Wildman–Crippen MR) is 126 cm³/mol. The molecule has 0 aliphatic carbocycles. The van der Waals surface area contributed by atoms with Gasteiger partial charge in [-0.15, -0.1) is 0 Å². The van der Waals surface area contributed by atoms with E-state index in [4.69, 9.17) is 13.9 Å². The van der Waals surface area contributed by atoms with E-state index in [1.807, 2.05) is 0 Å². The lowest BCUT2D eigenvalue weighted by Crippen LogP contribution is -2.41. The maximum atomic E-state index is 12.5. The molecule has 9 nitrogen and oxygen atoms in total. The number of hydrogen-bond acceptors (Lipinski definition) is 6. The van der Waals surface area contributed by atoms with Crippen LogP contribution in [0.5, 0.6) is 11.5 Å². The molecule has 1 aromatic heterocycles. The van der Waals surface area contributed by atoms with Crippen molar-refractivity contribution in [1.29, 1.82) is 0 Å². The van der Waals surface area contributed by atoms with Crippen LogP contribution in [0.2, 0.25) is 0 Å². The minimum Gasteiger partial charge on any atom is -0.493 e. The van der Waals surface area contributed by atoms with Crippen LogP contribution in [-0.2, 0) is 0 Å². The molecule has 0 atom stereocenters. The van der Waals surface area contributed by atoms with E-state index in [0.29, 0.717) is 40.8 Å². The highest BCUT2D eigenvalue weighted by Crippen LogP contribution is 2.28. The van der Waals surface area contributed by atoms with Crippen LogP contribution in [0.1, 0.15) is 51.5 Å². The van der Waals surface area contributed by atoms with Crippen molar-refractivity contribution in [1.82, 2.24) is 10.9 Å². The molecule has 34 heavy (non-hydrogen) atoms. The zero-order valence-corrected chi connectivity index (χ0v) is 19.2. The third kappa shape index (κ3) is 6.61. The summed E-state index contributed by atoms with van der Waals surface area (Å²) in [6.07, 6.45) is 2.30. The molecule has 0 saturated carbocycles. The SMILES string of the molecule is COc1cc(C(=O)NNC(=O)c2ccc(NC(=O)c3ccco3)cc2)ccc1OCCC(C)C. The van der Waals surface area contributed by atoms with Gasteiger partial charge in [-0.2, -0.15) is 0 Å². The second-order valence-electron chi connectivity index (χ2n) is 7.81. The lowest BCUT2D eigenvalue weighted by molar-refractivity contribution is 0.0846. The number of furan rings is 1. The molecule has 3 aromatic rings. The fraction of sp³-hybridized carbons (Fsp3) is 0.240. The van der Waals surface area contributed by atoms with Crippen LogP contribution in [0.25, 0.3) is 0 Å². The zero-order chi connectivity index (χ0) is 24.5. The Morgan fingerprint density at radius 2 is 1.56 bits per heavy atom. The Morgan fingerprint density at radius 1 is 0.882 bits per heavy atom. The number of anilines is 1. The minimum absolute atomic E-state index is 0.177. The van der Waals surface area contributed by atoms with Crippen molar-refractivity contribution in [3.8, 4) is 11.5 Å². The van der Waals surface area contributed by atoms with Crippen LogP contribution in [-0.4, -0.2) is 31.4 Å². The predicted octanol–water partition coefficient (Wildman–Crippen LogP) is 4.04. The van der Waals surface area contributed by atoms with Crippen molar-refractivity contribution in [2.24, 2.45) is 5.92 Å². The lowest BCUT2D eigenvalue weighted by atomic mass is 10.1. The highest BCUT2D eigenvalue weighted by Gasteiger charge is 2.14. The van der Waals surface area contributed by atoms with Crippen LogP contribution >= 0.6 is 0 Å². The molecule has 1 heterocycles. The fourth-order valence-corrected chi connectivity index (χ4v) is 2.90. The smallest absolute Gasteiger partial charge is 0.291 e. The summed E-state index contributed by atoms with van der Waals surface area (Å²) < 4.78 is 16.1. The van der Waals surface area contributed by atoms with E-state index < -0.39 is 17.7 Å². The largest absolute Gasteiger partial charge is 0.493 e. The van der Waals surface area contributed by atoms with Crippen LogP contribution < -0.4 is 25.6 Å². The first kappa shape index (κ1) is 24.4. The molecule has 0 saturated heterocycles. The van der Waals surface area contributed by atoms with Gasteiger partial charge < -0.3 is 19.2 Å². The van der Waals surface area contributed by atoms with Gasteiger partial charge in [0.25, 0.3) is 17.7 Å². The van der Waals surface area contributed by atoms with Crippen molar-refractivity contribution in [3.63, 3.8) is 0 Å². The molecule has 2 aromatic carbocycles. The van der Waals surface area contributed by atoms with Gasteiger partial charge in [0.1, 0.15) is 0 Å². The van der Waals surface area contributed by atoms with E-state index in [2.05, 4.69) is 30.0 Å². The summed E-state index contributed by atoms with van der Waals surface area (Å²) in [4.78, 5) is 36.9. The van der Waals surface area contributed by atoms with Gasteiger partial charge in [0.05, 0.1) is 20.0 Å². The number of hydrogen-bond donors (Lipinski definition) is 3. The van der Waals surface area contributed by atoms with Crippen molar-refractivity contribution >= 4 is 23.4 Å². The van der Waals surface area contributed by atoms with E-state index in [0.717, 1.165) is 6.42 Å². The van der Waals surface area contributed by atoms with E-state index in [9.17, 15) is 14.4 Å². The Balaban J connectivity index is 1.53. The van der Waals surface area contributed by atoms with Crippen LogP contribution in [0.15, 0.2) is 65.3 Å². The van der Waals surface area contributed by atoms with E-state index >= 15 is 0 Å². The van der Waals surface area contributed by atoms with Gasteiger partial charge in [-0.1, -0.05) is 13.8 Å². The van der Waals surface area contributed by atoms with Gasteiger partial charge in [0.2, 0.25) is 0 Å². The molecule has 0 aliphatic rings. The Hall–Kier alpha value is -4.27. The average molecular weight is 466 g/mol. The Kier molecular flexibility index (Phi) is 8.28. The number of rotatable bonds is 9. The molecular formula is C25H27N3O6. The summed E-state index contributed by atoms with van der Waals surface area (Å²) in [5.41, 5.74) is 5.82. The number of carbonyl (C=O) groups is 3. The molecule has 0 spiro atoms. The Bertz CT molecular complexity index is 1120. The molecule has 178 valence electrons. The number of nitrogens with one attached hydrogen (secondary N) is 3. The first-order chi connectivity index (χ1) is 16.4. The molecular weight excluding hydrogens is 438 g/mol. The monoisotopic (exact) mass is 465 g/mol. The van der Waals surface area contributed by atoms with Gasteiger partial charge in [-0.25, -0.2) is 0 Å². The second kappa shape index (κ2) is 11.6. The fourth-order valence-electron chi connectivity index (χ4n) is 2.90. The first-order valence-corrected chi connectivity index (χ1v) is 10.7. The molecule has 0 unspecified atom stereocenters. The van der Waals surface area contributed by atoms with E-state index in [1.54, 1.807) is 42.5 Å². The number of benzene rings is 2. The van der Waals surface area contributed by atoms with Crippen molar-refractivity contribution in [2.45, 2.75) is 20.3 Å². The Labute approximate surface area is 197 Å². The molecule has 9 heteroatoms. The van der Waals surface area contributed by atoms with E-state index in [1.165, 1.54) is 25.5 Å². The van der Waals surface area contributed by atoms with Gasteiger partial charge in [-0.05, 0) is 66.9 Å². The second-order valence-corrected chi connectivity index (χ2v) is 7.81. The standard InChI is InChI=1S/C25H27N3O6/c1-16(2)12-14-34-20-11-8-18(15-22(20)32-3)24(30)28-27-23(29)17-6-9-19(10-7-17)26-25(31)21-5-4-13-33-21/h4-11,13,15-16H,12,14H2,1-3H3,(H,26,31)(H,27,29)(H,28,30). The quantitative estimate of drug-likeness (QED) is 0.411. The number of hydrazine groups is 1. The number of ether oxygens (including phenoxy) is 2. The van der Waals surface area contributed by atoms with Gasteiger partial charge in [0.15, 0.2) is 17.3 Å². The third-order valence-corrected chi connectivity index (χ3v) is 4.82. The topological polar surface area (TPSA) is 119 Å².